The maximum absolute atomic E-state index is 12.3. The van der Waals surface area contributed by atoms with E-state index in [4.69, 9.17) is 5.73 Å². The topological polar surface area (TPSA) is 63.4 Å². The molecule has 0 spiro atoms. The molecule has 1 aliphatic heterocycles. The standard InChI is InChI=1S/C15H11BrN2O2/c16-10-4-5-12-13(7-10)15(20)18(14(12)19)8-9-2-1-3-11(17)6-9/h1-7H,8,17H2. The zero-order valence-corrected chi connectivity index (χ0v) is 12.1. The molecule has 0 atom stereocenters. The minimum atomic E-state index is -0.270. The molecule has 0 aromatic heterocycles. The first-order chi connectivity index (χ1) is 9.56. The fourth-order valence-electron chi connectivity index (χ4n) is 2.28. The van der Waals surface area contributed by atoms with E-state index in [-0.39, 0.29) is 18.4 Å². The molecule has 2 amide bonds. The van der Waals surface area contributed by atoms with Crippen molar-refractivity contribution in [2.75, 3.05) is 5.73 Å². The summed E-state index contributed by atoms with van der Waals surface area (Å²) in [7, 11) is 0. The number of amides is 2. The third-order valence-electron chi connectivity index (χ3n) is 3.22. The van der Waals surface area contributed by atoms with Gasteiger partial charge in [0.25, 0.3) is 11.8 Å². The van der Waals surface area contributed by atoms with Crippen molar-refractivity contribution in [2.24, 2.45) is 0 Å². The van der Waals surface area contributed by atoms with Gasteiger partial charge in [-0.1, -0.05) is 28.1 Å². The van der Waals surface area contributed by atoms with Crippen LogP contribution in [0.25, 0.3) is 0 Å². The first-order valence-corrected chi connectivity index (χ1v) is 6.86. The van der Waals surface area contributed by atoms with Crippen molar-refractivity contribution in [3.8, 4) is 0 Å². The van der Waals surface area contributed by atoms with Crippen molar-refractivity contribution < 1.29 is 9.59 Å². The van der Waals surface area contributed by atoms with Gasteiger partial charge in [0.2, 0.25) is 0 Å². The van der Waals surface area contributed by atoms with Crippen LogP contribution in [0.2, 0.25) is 0 Å². The largest absolute Gasteiger partial charge is 0.399 e. The highest BCUT2D eigenvalue weighted by Crippen LogP contribution is 2.27. The molecule has 1 heterocycles. The Balaban J connectivity index is 1.94. The zero-order chi connectivity index (χ0) is 14.3. The number of fused-ring (bicyclic) bond motifs is 1. The third kappa shape index (κ3) is 2.10. The number of halogens is 1. The first-order valence-electron chi connectivity index (χ1n) is 6.06. The maximum atomic E-state index is 12.3. The molecule has 0 unspecified atom stereocenters. The molecular formula is C15H11BrN2O2. The molecule has 1 aliphatic rings. The molecule has 0 bridgehead atoms. The number of nitrogens with zero attached hydrogens (tertiary/aromatic N) is 1. The number of nitrogens with two attached hydrogens (primary N) is 1. The minimum Gasteiger partial charge on any atom is -0.399 e. The predicted molar refractivity (Wildman–Crippen MR) is 79.2 cm³/mol. The fourth-order valence-corrected chi connectivity index (χ4v) is 2.64. The van der Waals surface area contributed by atoms with Crippen LogP contribution in [0, 0.1) is 0 Å². The number of rotatable bonds is 2. The highest BCUT2D eigenvalue weighted by molar-refractivity contribution is 9.10. The molecule has 5 heteroatoms. The second kappa shape index (κ2) is 4.76. The molecule has 3 rings (SSSR count). The first kappa shape index (κ1) is 12.9. The van der Waals surface area contributed by atoms with Crippen LogP contribution in [0.15, 0.2) is 46.9 Å². The number of hydrogen-bond donors (Lipinski definition) is 1. The summed E-state index contributed by atoms with van der Waals surface area (Å²) in [5.41, 5.74) is 8.04. The van der Waals surface area contributed by atoms with Crippen LogP contribution in [-0.2, 0) is 6.54 Å². The summed E-state index contributed by atoms with van der Waals surface area (Å²) in [5, 5.41) is 0. The van der Waals surface area contributed by atoms with Crippen molar-refractivity contribution in [1.29, 1.82) is 0 Å². The summed E-state index contributed by atoms with van der Waals surface area (Å²) < 4.78 is 0.781. The van der Waals surface area contributed by atoms with Crippen LogP contribution in [0.4, 0.5) is 5.69 Å². The Bertz CT molecular complexity index is 728. The number of imide groups is 1. The second-order valence-electron chi connectivity index (χ2n) is 4.63. The molecule has 2 N–H and O–H groups in total. The third-order valence-corrected chi connectivity index (χ3v) is 3.72. The summed E-state index contributed by atoms with van der Waals surface area (Å²) in [5.74, 6) is -0.534. The Morgan fingerprint density at radius 1 is 1.00 bits per heavy atom. The normalized spacial score (nSPS) is 13.8. The molecule has 0 fully saturated rings. The Morgan fingerprint density at radius 2 is 1.75 bits per heavy atom. The monoisotopic (exact) mass is 330 g/mol. The summed E-state index contributed by atoms with van der Waals surface area (Å²) in [6, 6.07) is 12.3. The van der Waals surface area contributed by atoms with Gasteiger partial charge < -0.3 is 5.73 Å². The molecule has 0 aliphatic carbocycles. The number of carbonyl (C=O) groups is 2. The van der Waals surface area contributed by atoms with E-state index in [2.05, 4.69) is 15.9 Å². The quantitative estimate of drug-likeness (QED) is 0.680. The van der Waals surface area contributed by atoms with Gasteiger partial charge in [-0.3, -0.25) is 14.5 Å². The lowest BCUT2D eigenvalue weighted by molar-refractivity contribution is 0.0642. The van der Waals surface area contributed by atoms with Gasteiger partial charge in [0.1, 0.15) is 0 Å². The number of benzene rings is 2. The Labute approximate surface area is 124 Å². The van der Waals surface area contributed by atoms with Crippen LogP contribution in [0.1, 0.15) is 26.3 Å². The highest BCUT2D eigenvalue weighted by Gasteiger charge is 2.35. The lowest BCUT2D eigenvalue weighted by atomic mass is 10.1. The Kier molecular flexibility index (Phi) is 3.06. The van der Waals surface area contributed by atoms with Crippen molar-refractivity contribution in [2.45, 2.75) is 6.54 Å². The van der Waals surface area contributed by atoms with Crippen LogP contribution < -0.4 is 5.73 Å². The van der Waals surface area contributed by atoms with E-state index in [0.29, 0.717) is 16.8 Å². The SMILES string of the molecule is Nc1cccc(CN2C(=O)c3ccc(Br)cc3C2=O)c1. The van der Waals surface area contributed by atoms with Gasteiger partial charge in [-0.2, -0.15) is 0 Å². The highest BCUT2D eigenvalue weighted by atomic mass is 79.9. The predicted octanol–water partition coefficient (Wildman–Crippen LogP) is 2.83. The van der Waals surface area contributed by atoms with E-state index in [1.807, 2.05) is 6.07 Å². The van der Waals surface area contributed by atoms with Gasteiger partial charge in [-0.15, -0.1) is 0 Å². The average Bonchev–Trinajstić information content (AvgIpc) is 2.64. The minimum absolute atomic E-state index is 0.231. The van der Waals surface area contributed by atoms with Gasteiger partial charge in [-0.25, -0.2) is 0 Å². The van der Waals surface area contributed by atoms with Crippen LogP contribution >= 0.6 is 15.9 Å². The van der Waals surface area contributed by atoms with E-state index in [1.165, 1.54) is 4.90 Å². The second-order valence-corrected chi connectivity index (χ2v) is 5.55. The molecular weight excluding hydrogens is 320 g/mol. The van der Waals surface area contributed by atoms with Gasteiger partial charge in [-0.05, 0) is 35.9 Å². The smallest absolute Gasteiger partial charge is 0.261 e. The van der Waals surface area contributed by atoms with Crippen molar-refractivity contribution >= 4 is 33.4 Å². The van der Waals surface area contributed by atoms with E-state index in [9.17, 15) is 9.59 Å². The molecule has 0 saturated heterocycles. The van der Waals surface area contributed by atoms with E-state index in [1.54, 1.807) is 36.4 Å². The summed E-state index contributed by atoms with van der Waals surface area (Å²) >= 11 is 3.31. The summed E-state index contributed by atoms with van der Waals surface area (Å²) in [6.07, 6.45) is 0. The molecule has 2 aromatic rings. The van der Waals surface area contributed by atoms with E-state index in [0.717, 1.165) is 10.0 Å². The van der Waals surface area contributed by atoms with Crippen LogP contribution in [0.5, 0.6) is 0 Å². The molecule has 2 aromatic carbocycles. The summed E-state index contributed by atoms with van der Waals surface area (Å²) in [6.45, 7) is 0.231. The zero-order valence-electron chi connectivity index (χ0n) is 10.5. The Morgan fingerprint density at radius 3 is 2.50 bits per heavy atom. The van der Waals surface area contributed by atoms with Crippen molar-refractivity contribution in [3.05, 3.63) is 63.6 Å². The van der Waals surface area contributed by atoms with Crippen LogP contribution in [-0.4, -0.2) is 16.7 Å². The van der Waals surface area contributed by atoms with E-state index >= 15 is 0 Å². The van der Waals surface area contributed by atoms with Gasteiger partial charge >= 0.3 is 0 Å². The molecule has 100 valence electrons. The van der Waals surface area contributed by atoms with Crippen molar-refractivity contribution in [1.82, 2.24) is 4.90 Å². The number of nitrogen functional groups attached to an aromatic ring is 1. The van der Waals surface area contributed by atoms with Crippen molar-refractivity contribution in [3.63, 3.8) is 0 Å². The molecule has 20 heavy (non-hydrogen) atoms. The molecule has 0 radical (unpaired) electrons. The van der Waals surface area contributed by atoms with Gasteiger partial charge in [0.15, 0.2) is 0 Å². The van der Waals surface area contributed by atoms with Gasteiger partial charge in [0, 0.05) is 10.2 Å². The number of anilines is 1. The summed E-state index contributed by atoms with van der Waals surface area (Å²) in [4.78, 5) is 25.8. The average molecular weight is 331 g/mol. The number of carbonyl (C=O) groups excluding carboxylic acids is 2. The van der Waals surface area contributed by atoms with Crippen LogP contribution in [0.3, 0.4) is 0 Å². The maximum Gasteiger partial charge on any atom is 0.261 e. The van der Waals surface area contributed by atoms with E-state index < -0.39 is 0 Å². The Hall–Kier alpha value is -2.14. The number of hydrogen-bond acceptors (Lipinski definition) is 3. The lowest BCUT2D eigenvalue weighted by Gasteiger charge is -2.14. The fraction of sp³-hybridized carbons (Fsp3) is 0.0667. The molecule has 4 nitrogen and oxygen atoms in total. The molecule has 0 saturated carbocycles. The van der Waals surface area contributed by atoms with Gasteiger partial charge in [0.05, 0.1) is 17.7 Å². The lowest BCUT2D eigenvalue weighted by Crippen LogP contribution is -2.29.